The van der Waals surface area contributed by atoms with Crippen LogP contribution in [0.25, 0.3) is 0 Å². The molecule has 0 unspecified atom stereocenters. The Hall–Kier alpha value is -2.64. The smallest absolute Gasteiger partial charge is 0.289 e. The molecule has 0 aliphatic rings. The van der Waals surface area contributed by atoms with Crippen molar-refractivity contribution in [3.05, 3.63) is 63.2 Å². The summed E-state index contributed by atoms with van der Waals surface area (Å²) in [6, 6.07) is 10.6. The molecular formula is C17H17ClN2O5. The summed E-state index contributed by atoms with van der Waals surface area (Å²) in [4.78, 5) is 22.5. The second-order valence-electron chi connectivity index (χ2n) is 4.95. The van der Waals surface area contributed by atoms with Crippen molar-refractivity contribution in [2.24, 2.45) is 0 Å². The van der Waals surface area contributed by atoms with Crippen LogP contribution >= 0.6 is 11.6 Å². The largest absolute Gasteiger partial charge is 0.491 e. The molecule has 0 heterocycles. The van der Waals surface area contributed by atoms with Crippen molar-refractivity contribution in [2.45, 2.75) is 6.92 Å². The van der Waals surface area contributed by atoms with Crippen LogP contribution in [0.3, 0.4) is 0 Å². The van der Waals surface area contributed by atoms with Crippen molar-refractivity contribution >= 4 is 28.9 Å². The Labute approximate surface area is 149 Å². The monoisotopic (exact) mass is 364 g/mol. The fourth-order valence-electron chi connectivity index (χ4n) is 2.00. The Bertz CT molecular complexity index is 749. The molecule has 0 fully saturated rings. The average molecular weight is 365 g/mol. The van der Waals surface area contributed by atoms with Gasteiger partial charge in [0.15, 0.2) is 0 Å². The first-order chi connectivity index (χ1) is 12.0. The number of carbonyl (C=O) groups is 1. The molecule has 1 amide bonds. The molecule has 0 atom stereocenters. The van der Waals surface area contributed by atoms with Crippen molar-refractivity contribution in [2.75, 3.05) is 25.1 Å². The summed E-state index contributed by atoms with van der Waals surface area (Å²) in [6.45, 7) is 3.45. The Morgan fingerprint density at radius 2 is 1.92 bits per heavy atom. The van der Waals surface area contributed by atoms with E-state index in [2.05, 4.69) is 5.32 Å². The van der Waals surface area contributed by atoms with E-state index in [1.807, 2.05) is 6.92 Å². The van der Waals surface area contributed by atoms with E-state index in [1.54, 1.807) is 24.3 Å². The minimum Gasteiger partial charge on any atom is -0.491 e. The van der Waals surface area contributed by atoms with E-state index in [-0.39, 0.29) is 16.4 Å². The van der Waals surface area contributed by atoms with Gasteiger partial charge in [-0.3, -0.25) is 14.9 Å². The van der Waals surface area contributed by atoms with E-state index >= 15 is 0 Å². The maximum atomic E-state index is 12.2. The summed E-state index contributed by atoms with van der Waals surface area (Å²) in [7, 11) is 0. The van der Waals surface area contributed by atoms with E-state index in [0.29, 0.717) is 31.1 Å². The molecule has 2 rings (SSSR count). The number of hydrogen-bond donors (Lipinski definition) is 1. The van der Waals surface area contributed by atoms with Crippen molar-refractivity contribution in [3.63, 3.8) is 0 Å². The van der Waals surface area contributed by atoms with Crippen LogP contribution in [0.1, 0.15) is 17.3 Å². The first-order valence-electron chi connectivity index (χ1n) is 7.57. The molecule has 25 heavy (non-hydrogen) atoms. The van der Waals surface area contributed by atoms with Gasteiger partial charge in [-0.25, -0.2) is 0 Å². The highest BCUT2D eigenvalue weighted by Gasteiger charge is 2.14. The number of anilines is 1. The number of halogens is 1. The minimum absolute atomic E-state index is 0.0107. The van der Waals surface area contributed by atoms with Gasteiger partial charge in [-0.1, -0.05) is 11.6 Å². The normalized spacial score (nSPS) is 10.3. The zero-order chi connectivity index (χ0) is 18.2. The molecule has 0 saturated heterocycles. The second-order valence-corrected chi connectivity index (χ2v) is 5.35. The van der Waals surface area contributed by atoms with E-state index < -0.39 is 10.8 Å². The highest BCUT2D eigenvalue weighted by atomic mass is 35.5. The van der Waals surface area contributed by atoms with Crippen LogP contribution in [0.15, 0.2) is 42.5 Å². The third kappa shape index (κ3) is 5.44. The molecule has 0 aromatic heterocycles. The number of rotatable bonds is 8. The van der Waals surface area contributed by atoms with Gasteiger partial charge in [0.2, 0.25) is 0 Å². The molecule has 2 aromatic rings. The quantitative estimate of drug-likeness (QED) is 0.435. The third-order valence-electron chi connectivity index (χ3n) is 3.22. The van der Waals surface area contributed by atoms with Crippen molar-refractivity contribution in [1.82, 2.24) is 0 Å². The summed E-state index contributed by atoms with van der Waals surface area (Å²) in [5.74, 6) is 0.232. The van der Waals surface area contributed by atoms with E-state index in [4.69, 9.17) is 21.1 Å². The number of nitrogens with zero attached hydrogens (tertiary/aromatic N) is 1. The summed E-state index contributed by atoms with van der Waals surface area (Å²) in [6.07, 6.45) is 0. The molecule has 0 aliphatic heterocycles. The van der Waals surface area contributed by atoms with Crippen LogP contribution in [0, 0.1) is 10.1 Å². The number of nitro benzene ring substituents is 1. The molecule has 0 radical (unpaired) electrons. The predicted octanol–water partition coefficient (Wildman–Crippen LogP) is 3.92. The maximum absolute atomic E-state index is 12.2. The van der Waals surface area contributed by atoms with Crippen LogP contribution in [0.4, 0.5) is 11.4 Å². The van der Waals surface area contributed by atoms with Gasteiger partial charge < -0.3 is 14.8 Å². The topological polar surface area (TPSA) is 90.7 Å². The van der Waals surface area contributed by atoms with Gasteiger partial charge in [0, 0.05) is 23.9 Å². The summed E-state index contributed by atoms with van der Waals surface area (Å²) >= 11 is 5.75. The SMILES string of the molecule is CCOCCOc1ccc(C(=O)Nc2ccc(Cl)c([N+](=O)[O-])c2)cc1. The molecule has 0 saturated carbocycles. The van der Waals surface area contributed by atoms with Crippen LogP contribution in [0.5, 0.6) is 5.75 Å². The Morgan fingerprint density at radius 3 is 2.56 bits per heavy atom. The summed E-state index contributed by atoms with van der Waals surface area (Å²) in [5, 5.41) is 13.5. The number of hydrogen-bond acceptors (Lipinski definition) is 5. The van der Waals surface area contributed by atoms with Crippen LogP contribution in [0.2, 0.25) is 5.02 Å². The fraction of sp³-hybridized carbons (Fsp3) is 0.235. The van der Waals surface area contributed by atoms with Gasteiger partial charge >= 0.3 is 0 Å². The number of nitro groups is 1. The lowest BCUT2D eigenvalue weighted by Gasteiger charge is -2.08. The summed E-state index contributed by atoms with van der Waals surface area (Å²) in [5.41, 5.74) is 0.422. The average Bonchev–Trinajstić information content (AvgIpc) is 2.60. The minimum atomic E-state index is -0.605. The number of nitrogens with one attached hydrogen (secondary N) is 1. The summed E-state index contributed by atoms with van der Waals surface area (Å²) < 4.78 is 10.6. The third-order valence-corrected chi connectivity index (χ3v) is 3.54. The molecule has 0 spiro atoms. The first kappa shape index (κ1) is 18.7. The van der Waals surface area contributed by atoms with E-state index in [1.165, 1.54) is 18.2 Å². The van der Waals surface area contributed by atoms with E-state index in [9.17, 15) is 14.9 Å². The highest BCUT2D eigenvalue weighted by Crippen LogP contribution is 2.27. The van der Waals surface area contributed by atoms with Gasteiger partial charge in [-0.15, -0.1) is 0 Å². The fourth-order valence-corrected chi connectivity index (χ4v) is 2.19. The van der Waals surface area contributed by atoms with Gasteiger partial charge in [-0.2, -0.15) is 0 Å². The van der Waals surface area contributed by atoms with Crippen LogP contribution in [-0.2, 0) is 4.74 Å². The predicted molar refractivity (Wildman–Crippen MR) is 94.5 cm³/mol. The van der Waals surface area contributed by atoms with Gasteiger partial charge in [0.25, 0.3) is 11.6 Å². The van der Waals surface area contributed by atoms with Crippen molar-refractivity contribution in [3.8, 4) is 5.75 Å². The molecular weight excluding hydrogens is 348 g/mol. The lowest BCUT2D eigenvalue weighted by molar-refractivity contribution is -0.384. The number of carbonyl (C=O) groups excluding carboxylic acids is 1. The zero-order valence-electron chi connectivity index (χ0n) is 13.5. The van der Waals surface area contributed by atoms with Crippen LogP contribution in [-0.4, -0.2) is 30.7 Å². The lowest BCUT2D eigenvalue weighted by atomic mass is 10.2. The number of amides is 1. The Balaban J connectivity index is 1.99. The molecule has 2 aromatic carbocycles. The standard InChI is InChI=1S/C17H17ClN2O5/c1-2-24-9-10-25-14-6-3-12(4-7-14)17(21)19-13-5-8-15(18)16(11-13)20(22)23/h3-8,11H,2,9-10H2,1H3,(H,19,21). The van der Waals surface area contributed by atoms with Crippen molar-refractivity contribution in [1.29, 1.82) is 0 Å². The molecule has 8 heteroatoms. The van der Waals surface area contributed by atoms with Gasteiger partial charge in [0.1, 0.15) is 17.4 Å². The molecule has 1 N–H and O–H groups in total. The second kappa shape index (κ2) is 9.00. The maximum Gasteiger partial charge on any atom is 0.289 e. The zero-order valence-corrected chi connectivity index (χ0v) is 14.3. The lowest BCUT2D eigenvalue weighted by Crippen LogP contribution is -2.12. The molecule has 132 valence electrons. The van der Waals surface area contributed by atoms with E-state index in [0.717, 1.165) is 0 Å². The molecule has 0 aliphatic carbocycles. The first-order valence-corrected chi connectivity index (χ1v) is 7.95. The molecule has 7 nitrogen and oxygen atoms in total. The molecule has 0 bridgehead atoms. The van der Waals surface area contributed by atoms with Gasteiger partial charge in [-0.05, 0) is 43.3 Å². The number of ether oxygens (including phenoxy) is 2. The number of benzene rings is 2. The Morgan fingerprint density at radius 1 is 1.20 bits per heavy atom. The van der Waals surface area contributed by atoms with Crippen molar-refractivity contribution < 1.29 is 19.2 Å². The highest BCUT2D eigenvalue weighted by molar-refractivity contribution is 6.32. The van der Waals surface area contributed by atoms with Crippen LogP contribution < -0.4 is 10.1 Å². The van der Waals surface area contributed by atoms with Gasteiger partial charge in [0.05, 0.1) is 11.5 Å². The Kier molecular flexibility index (Phi) is 6.73.